The van der Waals surface area contributed by atoms with Crippen LogP contribution in [-0.4, -0.2) is 46.0 Å². The van der Waals surface area contributed by atoms with Gasteiger partial charge in [-0.05, 0) is 5.56 Å². The molecule has 0 aliphatic carbocycles. The van der Waals surface area contributed by atoms with E-state index in [1.54, 1.807) is 17.8 Å². The maximum absolute atomic E-state index is 11.7. The summed E-state index contributed by atoms with van der Waals surface area (Å²) in [5, 5.41) is 15.7. The predicted octanol–water partition coefficient (Wildman–Crippen LogP) is 1.39. The molecule has 2 amide bonds. The Morgan fingerprint density at radius 2 is 2.10 bits per heavy atom. The molecule has 106 valence electrons. The average molecular weight is 274 g/mol. The van der Waals surface area contributed by atoms with Crippen LogP contribution in [-0.2, 0) is 6.54 Å². The minimum atomic E-state index is -0.288. The van der Waals surface area contributed by atoms with Crippen LogP contribution >= 0.6 is 0 Å². The first-order valence-corrected chi connectivity index (χ1v) is 6.39. The van der Waals surface area contributed by atoms with Crippen molar-refractivity contribution >= 4 is 11.8 Å². The Morgan fingerprint density at radius 3 is 2.80 bits per heavy atom. The number of nitrogens with one attached hydrogen (secondary N) is 1. The summed E-state index contributed by atoms with van der Waals surface area (Å²) in [4.78, 5) is 13.1. The molecule has 1 aromatic carbocycles. The molecule has 1 heterocycles. The highest BCUT2D eigenvalue weighted by Crippen LogP contribution is 2.07. The summed E-state index contributed by atoms with van der Waals surface area (Å²) in [7, 11) is 1.62. The summed E-state index contributed by atoms with van der Waals surface area (Å²) in [5.41, 5.74) is 1.14. The zero-order valence-corrected chi connectivity index (χ0v) is 11.4. The first-order valence-electron chi connectivity index (χ1n) is 6.39. The zero-order valence-electron chi connectivity index (χ0n) is 11.4. The van der Waals surface area contributed by atoms with Crippen molar-refractivity contribution in [3.8, 4) is 0 Å². The lowest BCUT2D eigenvalue weighted by Gasteiger charge is -2.15. The van der Waals surface area contributed by atoms with Gasteiger partial charge in [0.1, 0.15) is 0 Å². The number of hydrogen-bond acceptors (Lipinski definition) is 3. The first-order chi connectivity index (χ1) is 9.69. The predicted molar refractivity (Wildman–Crippen MR) is 76.5 cm³/mol. The molecule has 0 spiro atoms. The number of anilines is 1. The number of likely N-dealkylation sites (N-methyl/N-ethyl adjacent to an activating group) is 1. The van der Waals surface area contributed by atoms with Crippen molar-refractivity contribution in [1.82, 2.24) is 14.7 Å². The Kier molecular flexibility index (Phi) is 4.73. The number of carbonyl (C=O) groups excluding carboxylic acids is 1. The molecule has 0 fully saturated rings. The number of hydrogen-bond donors (Lipinski definition) is 2. The molecular weight excluding hydrogens is 256 g/mol. The van der Waals surface area contributed by atoms with Crippen LogP contribution in [0.15, 0.2) is 42.6 Å². The van der Waals surface area contributed by atoms with Gasteiger partial charge in [0, 0.05) is 25.9 Å². The Bertz CT molecular complexity index is 553. The lowest BCUT2D eigenvalue weighted by Crippen LogP contribution is -2.33. The van der Waals surface area contributed by atoms with E-state index in [0.717, 1.165) is 5.56 Å². The monoisotopic (exact) mass is 274 g/mol. The summed E-state index contributed by atoms with van der Waals surface area (Å²) in [6.07, 6.45) is 1.81. The van der Waals surface area contributed by atoms with E-state index in [9.17, 15) is 4.79 Å². The number of rotatable bonds is 5. The van der Waals surface area contributed by atoms with E-state index in [4.69, 9.17) is 5.11 Å². The molecule has 0 saturated heterocycles. The van der Waals surface area contributed by atoms with Crippen molar-refractivity contribution in [3.63, 3.8) is 0 Å². The van der Waals surface area contributed by atoms with E-state index in [1.807, 2.05) is 36.5 Å². The lowest BCUT2D eigenvalue weighted by molar-refractivity contribution is 0.202. The number of amides is 2. The van der Waals surface area contributed by atoms with Gasteiger partial charge < -0.3 is 10.0 Å². The number of urea groups is 1. The molecule has 2 N–H and O–H groups in total. The smallest absolute Gasteiger partial charge is 0.322 e. The average Bonchev–Trinajstić information content (AvgIpc) is 2.87. The Balaban J connectivity index is 1.94. The van der Waals surface area contributed by atoms with Gasteiger partial charge in [-0.25, -0.2) is 4.79 Å². The van der Waals surface area contributed by atoms with Gasteiger partial charge in [0.2, 0.25) is 0 Å². The molecule has 2 rings (SSSR count). The highest BCUT2D eigenvalue weighted by atomic mass is 16.3. The maximum Gasteiger partial charge on any atom is 0.322 e. The van der Waals surface area contributed by atoms with Crippen molar-refractivity contribution in [2.75, 3.05) is 25.5 Å². The molecule has 0 aliphatic heterocycles. The van der Waals surface area contributed by atoms with Crippen LogP contribution in [0.25, 0.3) is 0 Å². The van der Waals surface area contributed by atoms with Crippen LogP contribution in [0.2, 0.25) is 0 Å². The summed E-state index contributed by atoms with van der Waals surface area (Å²) in [6.45, 7) is 0.881. The highest BCUT2D eigenvalue weighted by Gasteiger charge is 2.09. The largest absolute Gasteiger partial charge is 0.395 e. The number of aliphatic hydroxyl groups excluding tert-OH is 1. The van der Waals surface area contributed by atoms with Gasteiger partial charge >= 0.3 is 6.03 Å². The number of benzene rings is 1. The van der Waals surface area contributed by atoms with Crippen molar-refractivity contribution in [2.45, 2.75) is 6.54 Å². The fraction of sp³-hybridized carbons (Fsp3) is 0.286. The Labute approximate surface area is 117 Å². The van der Waals surface area contributed by atoms with Crippen molar-refractivity contribution in [1.29, 1.82) is 0 Å². The van der Waals surface area contributed by atoms with E-state index in [-0.39, 0.29) is 19.2 Å². The number of aliphatic hydroxyl groups is 1. The molecule has 6 nitrogen and oxygen atoms in total. The van der Waals surface area contributed by atoms with Crippen molar-refractivity contribution in [3.05, 3.63) is 48.2 Å². The van der Waals surface area contributed by atoms with Crippen LogP contribution in [0.1, 0.15) is 5.56 Å². The van der Waals surface area contributed by atoms with E-state index >= 15 is 0 Å². The second kappa shape index (κ2) is 6.72. The third-order valence-electron chi connectivity index (χ3n) is 2.85. The summed E-state index contributed by atoms with van der Waals surface area (Å²) in [5.74, 6) is 0.496. The summed E-state index contributed by atoms with van der Waals surface area (Å²) in [6, 6.07) is 11.4. The second-order valence-corrected chi connectivity index (χ2v) is 4.46. The second-order valence-electron chi connectivity index (χ2n) is 4.46. The maximum atomic E-state index is 11.7. The number of nitrogens with zero attached hydrogens (tertiary/aromatic N) is 3. The quantitative estimate of drug-likeness (QED) is 0.865. The van der Waals surface area contributed by atoms with Crippen LogP contribution < -0.4 is 5.32 Å². The molecule has 0 aliphatic rings. The SMILES string of the molecule is CN(CCO)C(=O)Nc1ccn(Cc2ccccc2)n1. The third kappa shape index (κ3) is 3.83. The minimum Gasteiger partial charge on any atom is -0.395 e. The van der Waals surface area contributed by atoms with Gasteiger partial charge in [-0.3, -0.25) is 10.00 Å². The fourth-order valence-electron chi connectivity index (χ4n) is 1.74. The van der Waals surface area contributed by atoms with Gasteiger partial charge in [-0.2, -0.15) is 5.10 Å². The van der Waals surface area contributed by atoms with Crippen LogP contribution in [0.3, 0.4) is 0 Å². The van der Waals surface area contributed by atoms with E-state index < -0.39 is 0 Å². The van der Waals surface area contributed by atoms with Crippen molar-refractivity contribution in [2.24, 2.45) is 0 Å². The van der Waals surface area contributed by atoms with Crippen LogP contribution in [0.5, 0.6) is 0 Å². The molecule has 2 aromatic rings. The van der Waals surface area contributed by atoms with E-state index in [1.165, 1.54) is 4.90 Å². The van der Waals surface area contributed by atoms with Gasteiger partial charge in [0.15, 0.2) is 5.82 Å². The molecule has 0 saturated carbocycles. The molecule has 0 atom stereocenters. The summed E-state index contributed by atoms with van der Waals surface area (Å²) < 4.78 is 1.76. The first kappa shape index (κ1) is 14.1. The third-order valence-corrected chi connectivity index (χ3v) is 2.85. The van der Waals surface area contributed by atoms with Gasteiger partial charge in [0.05, 0.1) is 13.2 Å². The van der Waals surface area contributed by atoms with E-state index in [0.29, 0.717) is 12.4 Å². The molecule has 0 radical (unpaired) electrons. The molecule has 6 heteroatoms. The standard InChI is InChI=1S/C14H18N4O2/c1-17(9-10-19)14(20)15-13-7-8-18(16-13)11-12-5-3-2-4-6-12/h2-8,19H,9-11H2,1H3,(H,15,16,20). The van der Waals surface area contributed by atoms with Crippen LogP contribution in [0.4, 0.5) is 10.6 Å². The van der Waals surface area contributed by atoms with Crippen molar-refractivity contribution < 1.29 is 9.90 Å². The number of carbonyl (C=O) groups is 1. The number of aromatic nitrogens is 2. The molecule has 1 aromatic heterocycles. The fourth-order valence-corrected chi connectivity index (χ4v) is 1.74. The summed E-state index contributed by atoms with van der Waals surface area (Å²) >= 11 is 0. The molecule has 20 heavy (non-hydrogen) atoms. The van der Waals surface area contributed by atoms with Gasteiger partial charge in [-0.15, -0.1) is 0 Å². The Morgan fingerprint density at radius 1 is 1.35 bits per heavy atom. The topological polar surface area (TPSA) is 70.4 Å². The molecular formula is C14H18N4O2. The normalized spacial score (nSPS) is 10.3. The molecule has 0 unspecified atom stereocenters. The van der Waals surface area contributed by atoms with Crippen LogP contribution in [0, 0.1) is 0 Å². The van der Waals surface area contributed by atoms with E-state index in [2.05, 4.69) is 10.4 Å². The zero-order chi connectivity index (χ0) is 14.4. The van der Waals surface area contributed by atoms with Gasteiger partial charge in [-0.1, -0.05) is 30.3 Å². The molecule has 0 bridgehead atoms. The minimum absolute atomic E-state index is 0.0631. The highest BCUT2D eigenvalue weighted by molar-refractivity contribution is 5.87. The Hall–Kier alpha value is -2.34. The lowest BCUT2D eigenvalue weighted by atomic mass is 10.2. The van der Waals surface area contributed by atoms with Gasteiger partial charge in [0.25, 0.3) is 0 Å².